The highest BCUT2D eigenvalue weighted by molar-refractivity contribution is 5.89. The summed E-state index contributed by atoms with van der Waals surface area (Å²) in [5.41, 5.74) is 1.73. The predicted molar refractivity (Wildman–Crippen MR) is 78.3 cm³/mol. The van der Waals surface area contributed by atoms with E-state index >= 15 is 0 Å². The summed E-state index contributed by atoms with van der Waals surface area (Å²) >= 11 is 0. The monoisotopic (exact) mass is 299 g/mol. The van der Waals surface area contributed by atoms with Gasteiger partial charge in [-0.1, -0.05) is 6.07 Å². The van der Waals surface area contributed by atoms with Crippen LogP contribution in [-0.2, 0) is 22.7 Å². The molecule has 6 nitrogen and oxygen atoms in total. The Morgan fingerprint density at radius 3 is 3.05 bits per heavy atom. The topological polar surface area (TPSA) is 75.4 Å². The molecule has 0 spiro atoms. The SMILES string of the molecule is O=C(NCc1ccoc1)[C@@H]1CC(=O)N(Cc2ccccn2)C1. The third kappa shape index (κ3) is 3.33. The lowest BCUT2D eigenvalue weighted by Crippen LogP contribution is -2.32. The molecule has 3 rings (SSSR count). The smallest absolute Gasteiger partial charge is 0.225 e. The molecule has 1 aliphatic rings. The number of pyridine rings is 1. The Hall–Kier alpha value is -2.63. The van der Waals surface area contributed by atoms with E-state index in [0.29, 0.717) is 19.6 Å². The van der Waals surface area contributed by atoms with Crippen LogP contribution in [0.4, 0.5) is 0 Å². The van der Waals surface area contributed by atoms with Crippen molar-refractivity contribution in [2.75, 3.05) is 6.54 Å². The summed E-state index contributed by atoms with van der Waals surface area (Å²) in [5.74, 6) is -0.407. The van der Waals surface area contributed by atoms with Crippen LogP contribution in [0.5, 0.6) is 0 Å². The maximum Gasteiger partial charge on any atom is 0.225 e. The molecule has 1 aliphatic heterocycles. The Bertz CT molecular complexity index is 640. The molecule has 0 unspecified atom stereocenters. The Morgan fingerprint density at radius 2 is 2.32 bits per heavy atom. The minimum absolute atomic E-state index is 0.00545. The minimum atomic E-state index is -0.303. The summed E-state index contributed by atoms with van der Waals surface area (Å²) < 4.78 is 4.95. The van der Waals surface area contributed by atoms with E-state index < -0.39 is 0 Å². The fourth-order valence-electron chi connectivity index (χ4n) is 2.51. The highest BCUT2D eigenvalue weighted by Crippen LogP contribution is 2.20. The van der Waals surface area contributed by atoms with Crippen LogP contribution < -0.4 is 5.32 Å². The fraction of sp³-hybridized carbons (Fsp3) is 0.312. The van der Waals surface area contributed by atoms with E-state index in [0.717, 1.165) is 11.3 Å². The van der Waals surface area contributed by atoms with Crippen molar-refractivity contribution in [2.45, 2.75) is 19.5 Å². The largest absolute Gasteiger partial charge is 0.472 e. The van der Waals surface area contributed by atoms with Crippen molar-refractivity contribution in [1.82, 2.24) is 15.2 Å². The highest BCUT2D eigenvalue weighted by atomic mass is 16.3. The lowest BCUT2D eigenvalue weighted by Gasteiger charge is -2.16. The van der Waals surface area contributed by atoms with Crippen molar-refractivity contribution in [3.8, 4) is 0 Å². The standard InChI is InChI=1S/C16H17N3O3/c20-15-7-13(16(21)18-8-12-4-6-22-11-12)9-19(15)10-14-3-1-2-5-17-14/h1-6,11,13H,7-10H2,(H,18,21)/t13-/m1/s1. The number of carbonyl (C=O) groups excluding carboxylic acids is 2. The maximum absolute atomic E-state index is 12.1. The summed E-state index contributed by atoms with van der Waals surface area (Å²) in [4.78, 5) is 30.1. The number of nitrogens with zero attached hydrogens (tertiary/aromatic N) is 2. The second-order valence-electron chi connectivity index (χ2n) is 5.35. The molecule has 2 amide bonds. The number of hydrogen-bond donors (Lipinski definition) is 1. The third-order valence-electron chi connectivity index (χ3n) is 3.71. The molecule has 22 heavy (non-hydrogen) atoms. The molecule has 0 radical (unpaired) electrons. The zero-order valence-corrected chi connectivity index (χ0v) is 12.1. The zero-order chi connectivity index (χ0) is 15.4. The predicted octanol–water partition coefficient (Wildman–Crippen LogP) is 1.34. The first-order valence-corrected chi connectivity index (χ1v) is 7.19. The van der Waals surface area contributed by atoms with E-state index in [-0.39, 0.29) is 24.2 Å². The van der Waals surface area contributed by atoms with E-state index in [1.54, 1.807) is 29.7 Å². The van der Waals surface area contributed by atoms with E-state index in [2.05, 4.69) is 10.3 Å². The van der Waals surface area contributed by atoms with Gasteiger partial charge in [0, 0.05) is 31.3 Å². The quantitative estimate of drug-likeness (QED) is 0.904. The van der Waals surface area contributed by atoms with Crippen LogP contribution in [-0.4, -0.2) is 28.2 Å². The highest BCUT2D eigenvalue weighted by Gasteiger charge is 2.34. The lowest BCUT2D eigenvalue weighted by atomic mass is 10.1. The Kier molecular flexibility index (Phi) is 4.18. The Morgan fingerprint density at radius 1 is 1.41 bits per heavy atom. The number of nitrogens with one attached hydrogen (secondary N) is 1. The number of carbonyl (C=O) groups is 2. The maximum atomic E-state index is 12.1. The van der Waals surface area contributed by atoms with Crippen LogP contribution in [0.2, 0.25) is 0 Å². The van der Waals surface area contributed by atoms with E-state index in [1.165, 1.54) is 0 Å². The number of rotatable bonds is 5. The second-order valence-corrected chi connectivity index (χ2v) is 5.35. The van der Waals surface area contributed by atoms with Crippen molar-refractivity contribution < 1.29 is 14.0 Å². The van der Waals surface area contributed by atoms with Gasteiger partial charge in [-0.15, -0.1) is 0 Å². The molecule has 114 valence electrons. The molecule has 1 saturated heterocycles. The number of aromatic nitrogens is 1. The molecule has 1 N–H and O–H groups in total. The number of amides is 2. The van der Waals surface area contributed by atoms with Gasteiger partial charge in [-0.2, -0.15) is 0 Å². The van der Waals surface area contributed by atoms with Crippen LogP contribution in [0.3, 0.4) is 0 Å². The van der Waals surface area contributed by atoms with Gasteiger partial charge < -0.3 is 14.6 Å². The molecule has 0 aliphatic carbocycles. The molecule has 0 bridgehead atoms. The average molecular weight is 299 g/mol. The summed E-state index contributed by atoms with van der Waals surface area (Å²) in [7, 11) is 0. The first-order chi connectivity index (χ1) is 10.7. The number of hydrogen-bond acceptors (Lipinski definition) is 4. The van der Waals surface area contributed by atoms with Gasteiger partial charge in [0.25, 0.3) is 0 Å². The number of furan rings is 1. The van der Waals surface area contributed by atoms with Gasteiger partial charge in [0.2, 0.25) is 11.8 Å². The van der Waals surface area contributed by atoms with Crippen LogP contribution in [0.15, 0.2) is 47.4 Å². The Balaban J connectivity index is 1.53. The first-order valence-electron chi connectivity index (χ1n) is 7.19. The normalized spacial score (nSPS) is 17.7. The molecule has 2 aromatic heterocycles. The van der Waals surface area contributed by atoms with Crippen molar-refractivity contribution in [3.05, 3.63) is 54.2 Å². The summed E-state index contributed by atoms with van der Waals surface area (Å²) in [6.45, 7) is 1.30. The third-order valence-corrected chi connectivity index (χ3v) is 3.71. The summed E-state index contributed by atoms with van der Waals surface area (Å²) in [6, 6.07) is 7.40. The van der Waals surface area contributed by atoms with Gasteiger partial charge in [-0.05, 0) is 18.2 Å². The molecule has 1 fully saturated rings. The first kappa shape index (κ1) is 14.3. The van der Waals surface area contributed by atoms with Gasteiger partial charge in [0.05, 0.1) is 30.7 Å². The number of likely N-dealkylation sites (tertiary alicyclic amines) is 1. The molecular weight excluding hydrogens is 282 g/mol. The lowest BCUT2D eigenvalue weighted by molar-refractivity contribution is -0.129. The molecule has 3 heterocycles. The van der Waals surface area contributed by atoms with Gasteiger partial charge >= 0.3 is 0 Å². The molecule has 2 aromatic rings. The zero-order valence-electron chi connectivity index (χ0n) is 12.1. The van der Waals surface area contributed by atoms with E-state index in [1.807, 2.05) is 18.2 Å². The molecule has 6 heteroatoms. The van der Waals surface area contributed by atoms with Crippen LogP contribution >= 0.6 is 0 Å². The van der Waals surface area contributed by atoms with Gasteiger partial charge in [-0.3, -0.25) is 14.6 Å². The summed E-state index contributed by atoms with van der Waals surface area (Å²) in [6.07, 6.45) is 5.11. The fourth-order valence-corrected chi connectivity index (χ4v) is 2.51. The van der Waals surface area contributed by atoms with E-state index in [4.69, 9.17) is 4.42 Å². The molecule has 0 saturated carbocycles. The summed E-state index contributed by atoms with van der Waals surface area (Å²) in [5, 5.41) is 2.84. The van der Waals surface area contributed by atoms with Crippen molar-refractivity contribution in [2.24, 2.45) is 5.92 Å². The molecular formula is C16H17N3O3. The van der Waals surface area contributed by atoms with Gasteiger partial charge in [0.15, 0.2) is 0 Å². The second kappa shape index (κ2) is 6.43. The average Bonchev–Trinajstić information content (AvgIpc) is 3.16. The van der Waals surface area contributed by atoms with Crippen LogP contribution in [0.1, 0.15) is 17.7 Å². The van der Waals surface area contributed by atoms with Gasteiger partial charge in [0.1, 0.15) is 0 Å². The van der Waals surface area contributed by atoms with Crippen LogP contribution in [0, 0.1) is 5.92 Å². The molecule has 1 atom stereocenters. The minimum Gasteiger partial charge on any atom is -0.472 e. The van der Waals surface area contributed by atoms with Crippen molar-refractivity contribution in [3.63, 3.8) is 0 Å². The van der Waals surface area contributed by atoms with E-state index in [9.17, 15) is 9.59 Å². The van der Waals surface area contributed by atoms with Crippen molar-refractivity contribution in [1.29, 1.82) is 0 Å². The van der Waals surface area contributed by atoms with Crippen LogP contribution in [0.25, 0.3) is 0 Å². The molecule has 0 aromatic carbocycles. The Labute approximate surface area is 128 Å². The van der Waals surface area contributed by atoms with Gasteiger partial charge in [-0.25, -0.2) is 0 Å². The van der Waals surface area contributed by atoms with Crippen molar-refractivity contribution >= 4 is 11.8 Å².